The van der Waals surface area contributed by atoms with Crippen LogP contribution in [0.25, 0.3) is 5.69 Å². The first-order chi connectivity index (χ1) is 15.4. The average Bonchev–Trinajstić information content (AvgIpc) is 3.09. The number of ether oxygens (including phenoxy) is 2. The van der Waals surface area contributed by atoms with Crippen molar-refractivity contribution in [3.8, 4) is 17.2 Å². The number of halogens is 1. The second-order valence-electron chi connectivity index (χ2n) is 8.27. The first-order valence-electron chi connectivity index (χ1n) is 10.9. The number of hydrogen-bond acceptors (Lipinski definition) is 5. The van der Waals surface area contributed by atoms with Crippen LogP contribution < -0.4 is 14.8 Å². The van der Waals surface area contributed by atoms with E-state index in [0.29, 0.717) is 29.1 Å². The second kappa shape index (κ2) is 11.4. The minimum atomic E-state index is 0.0724. The Bertz CT molecular complexity index is 1010. The molecule has 0 aliphatic carbocycles. The number of aromatic nitrogens is 2. The fourth-order valence-electron chi connectivity index (χ4n) is 3.58. The summed E-state index contributed by atoms with van der Waals surface area (Å²) in [5, 5.41) is 18.1. The van der Waals surface area contributed by atoms with Crippen molar-refractivity contribution in [3.05, 3.63) is 70.5 Å². The molecule has 0 amide bonds. The van der Waals surface area contributed by atoms with Crippen LogP contribution in [-0.4, -0.2) is 34.6 Å². The molecule has 1 atom stereocenters. The molecule has 32 heavy (non-hydrogen) atoms. The molecule has 0 radical (unpaired) electrons. The Morgan fingerprint density at radius 3 is 2.53 bits per heavy atom. The maximum atomic E-state index is 9.57. The van der Waals surface area contributed by atoms with Gasteiger partial charge in [0.25, 0.3) is 0 Å². The van der Waals surface area contributed by atoms with Crippen LogP contribution in [0.1, 0.15) is 37.1 Å². The van der Waals surface area contributed by atoms with E-state index < -0.39 is 0 Å². The molecule has 0 bridgehead atoms. The van der Waals surface area contributed by atoms with Gasteiger partial charge in [-0.25, -0.2) is 4.68 Å². The van der Waals surface area contributed by atoms with Crippen molar-refractivity contribution in [1.29, 1.82) is 0 Å². The molecule has 2 aromatic carbocycles. The van der Waals surface area contributed by atoms with E-state index in [9.17, 15) is 5.11 Å². The quantitative estimate of drug-likeness (QED) is 0.427. The van der Waals surface area contributed by atoms with Crippen LogP contribution >= 0.6 is 11.6 Å². The van der Waals surface area contributed by atoms with Crippen molar-refractivity contribution in [3.63, 3.8) is 0 Å². The number of benzene rings is 2. The smallest absolute Gasteiger partial charge is 0.161 e. The summed E-state index contributed by atoms with van der Waals surface area (Å²) in [6.07, 6.45) is 0.922. The molecule has 3 aromatic rings. The summed E-state index contributed by atoms with van der Waals surface area (Å²) in [5.74, 6) is 1.81. The summed E-state index contributed by atoms with van der Waals surface area (Å²) in [4.78, 5) is 0. The Morgan fingerprint density at radius 1 is 1.12 bits per heavy atom. The number of aliphatic hydroxyl groups excluding tert-OH is 1. The molecular formula is C25H32ClN3O3. The van der Waals surface area contributed by atoms with Crippen LogP contribution in [0.15, 0.2) is 48.5 Å². The van der Waals surface area contributed by atoms with E-state index in [0.717, 1.165) is 28.9 Å². The molecule has 0 spiro atoms. The van der Waals surface area contributed by atoms with Crippen LogP contribution in [-0.2, 0) is 13.2 Å². The van der Waals surface area contributed by atoms with Gasteiger partial charge in [-0.05, 0) is 49.1 Å². The summed E-state index contributed by atoms with van der Waals surface area (Å²) >= 11 is 6.61. The lowest BCUT2D eigenvalue weighted by molar-refractivity contribution is 0.223. The second-order valence-corrected chi connectivity index (χ2v) is 8.62. The van der Waals surface area contributed by atoms with E-state index in [1.165, 1.54) is 0 Å². The van der Waals surface area contributed by atoms with E-state index >= 15 is 0 Å². The van der Waals surface area contributed by atoms with Gasteiger partial charge in [-0.3, -0.25) is 0 Å². The van der Waals surface area contributed by atoms with Crippen molar-refractivity contribution in [1.82, 2.24) is 15.1 Å². The summed E-state index contributed by atoms with van der Waals surface area (Å²) in [7, 11) is 1.63. The average molecular weight is 458 g/mol. The summed E-state index contributed by atoms with van der Waals surface area (Å²) < 4.78 is 13.3. The van der Waals surface area contributed by atoms with Gasteiger partial charge >= 0.3 is 0 Å². The van der Waals surface area contributed by atoms with Gasteiger partial charge in [-0.1, -0.05) is 49.7 Å². The lowest BCUT2D eigenvalue weighted by Gasteiger charge is -2.19. The SMILES string of the molecule is COc1cc(CN[C@@H](CO)CC(C)C)ccc1OCc1c(C)nn(-c2ccccc2)c1Cl. The van der Waals surface area contributed by atoms with Gasteiger partial charge in [0.15, 0.2) is 11.5 Å². The zero-order chi connectivity index (χ0) is 23.1. The zero-order valence-electron chi connectivity index (χ0n) is 19.1. The normalized spacial score (nSPS) is 12.2. The van der Waals surface area contributed by atoms with Crippen molar-refractivity contribution in [2.75, 3.05) is 13.7 Å². The summed E-state index contributed by atoms with van der Waals surface area (Å²) in [6, 6.07) is 15.7. The molecule has 0 fully saturated rings. The Kier molecular flexibility index (Phi) is 8.56. The molecule has 0 unspecified atom stereocenters. The Hall–Kier alpha value is -2.54. The monoisotopic (exact) mass is 457 g/mol. The number of nitrogens with zero attached hydrogens (tertiary/aromatic N) is 2. The first-order valence-corrected chi connectivity index (χ1v) is 11.2. The molecule has 0 aliphatic heterocycles. The molecule has 7 heteroatoms. The van der Waals surface area contributed by atoms with Gasteiger partial charge in [0.1, 0.15) is 11.8 Å². The van der Waals surface area contributed by atoms with E-state index in [2.05, 4.69) is 24.3 Å². The van der Waals surface area contributed by atoms with Crippen molar-refractivity contribution >= 4 is 11.6 Å². The maximum Gasteiger partial charge on any atom is 0.161 e. The lowest BCUT2D eigenvalue weighted by Crippen LogP contribution is -2.33. The van der Waals surface area contributed by atoms with E-state index in [1.807, 2.05) is 55.5 Å². The number of methoxy groups -OCH3 is 1. The topological polar surface area (TPSA) is 68.5 Å². The third-order valence-corrected chi connectivity index (χ3v) is 5.68. The third kappa shape index (κ3) is 6.03. The van der Waals surface area contributed by atoms with Gasteiger partial charge in [-0.2, -0.15) is 5.10 Å². The van der Waals surface area contributed by atoms with Crippen molar-refractivity contribution < 1.29 is 14.6 Å². The first kappa shape index (κ1) is 24.1. The minimum Gasteiger partial charge on any atom is -0.493 e. The van der Waals surface area contributed by atoms with E-state index in [-0.39, 0.29) is 19.3 Å². The van der Waals surface area contributed by atoms with Crippen LogP contribution in [0.2, 0.25) is 5.15 Å². The van der Waals surface area contributed by atoms with Crippen molar-refractivity contribution in [2.24, 2.45) is 5.92 Å². The molecule has 0 aliphatic rings. The highest BCUT2D eigenvalue weighted by atomic mass is 35.5. The molecule has 172 valence electrons. The maximum absolute atomic E-state index is 9.57. The molecule has 1 aromatic heterocycles. The highest BCUT2D eigenvalue weighted by Gasteiger charge is 2.16. The molecule has 0 saturated carbocycles. The molecule has 3 rings (SSSR count). The van der Waals surface area contributed by atoms with Gasteiger partial charge in [-0.15, -0.1) is 0 Å². The summed E-state index contributed by atoms with van der Waals surface area (Å²) in [5.41, 5.74) is 3.61. The number of para-hydroxylation sites is 1. The number of nitrogens with one attached hydrogen (secondary N) is 1. The van der Waals surface area contributed by atoms with Gasteiger partial charge in [0.05, 0.1) is 25.1 Å². The van der Waals surface area contributed by atoms with Gasteiger partial charge in [0.2, 0.25) is 0 Å². The fourth-order valence-corrected chi connectivity index (χ4v) is 3.91. The van der Waals surface area contributed by atoms with Gasteiger partial charge < -0.3 is 19.9 Å². The Balaban J connectivity index is 1.69. The van der Waals surface area contributed by atoms with Crippen LogP contribution in [0, 0.1) is 12.8 Å². The molecule has 6 nitrogen and oxygen atoms in total. The highest BCUT2D eigenvalue weighted by molar-refractivity contribution is 6.30. The predicted molar refractivity (Wildman–Crippen MR) is 128 cm³/mol. The third-order valence-electron chi connectivity index (χ3n) is 5.29. The zero-order valence-corrected chi connectivity index (χ0v) is 19.9. The van der Waals surface area contributed by atoms with Crippen molar-refractivity contribution in [2.45, 2.75) is 46.4 Å². The minimum absolute atomic E-state index is 0.0724. The predicted octanol–water partition coefficient (Wildman–Crippen LogP) is 4.92. The highest BCUT2D eigenvalue weighted by Crippen LogP contribution is 2.31. The molecule has 1 heterocycles. The number of aryl methyl sites for hydroxylation is 1. The molecule has 2 N–H and O–H groups in total. The van der Waals surface area contributed by atoms with Gasteiger partial charge in [0, 0.05) is 18.2 Å². The largest absolute Gasteiger partial charge is 0.493 e. The Labute approximate surface area is 195 Å². The van der Waals surface area contributed by atoms with Crippen LogP contribution in [0.4, 0.5) is 0 Å². The standard InChI is InChI=1S/C25H32ClN3O3/c1-17(2)12-20(15-30)27-14-19-10-11-23(24(13-19)31-4)32-16-22-18(3)28-29(25(22)26)21-8-6-5-7-9-21/h5-11,13,17,20,27,30H,12,14-16H2,1-4H3/t20-/m1/s1. The summed E-state index contributed by atoms with van der Waals surface area (Å²) in [6.45, 7) is 7.27. The van der Waals surface area contributed by atoms with E-state index in [4.69, 9.17) is 21.1 Å². The number of aliphatic hydroxyl groups is 1. The number of hydrogen-bond donors (Lipinski definition) is 2. The van der Waals surface area contributed by atoms with Crippen LogP contribution in [0.3, 0.4) is 0 Å². The Morgan fingerprint density at radius 2 is 1.88 bits per heavy atom. The number of rotatable bonds is 11. The van der Waals surface area contributed by atoms with Crippen LogP contribution in [0.5, 0.6) is 11.5 Å². The molecule has 0 saturated heterocycles. The van der Waals surface area contributed by atoms with E-state index in [1.54, 1.807) is 11.8 Å². The lowest BCUT2D eigenvalue weighted by atomic mass is 10.0. The fraction of sp³-hybridized carbons (Fsp3) is 0.400. The molecular weight excluding hydrogens is 426 g/mol.